The second kappa shape index (κ2) is 10.9. The van der Waals surface area contributed by atoms with E-state index in [9.17, 15) is 23.2 Å². The molecule has 12 heteroatoms. The van der Waals surface area contributed by atoms with E-state index in [1.165, 1.54) is 11.0 Å². The zero-order valence-corrected chi connectivity index (χ0v) is 20.1. The molecule has 0 bridgehead atoms. The summed E-state index contributed by atoms with van der Waals surface area (Å²) in [5.74, 6) is -2.20. The van der Waals surface area contributed by atoms with Crippen molar-refractivity contribution in [1.29, 1.82) is 0 Å². The van der Waals surface area contributed by atoms with Crippen molar-refractivity contribution in [3.8, 4) is 0 Å². The molecule has 0 atom stereocenters. The Labute approximate surface area is 201 Å². The Bertz CT molecular complexity index is 1030. The van der Waals surface area contributed by atoms with E-state index in [0.29, 0.717) is 50.2 Å². The normalized spacial score (nSPS) is 16.5. The SMILES string of the molecule is CC(C)(C)OC(=O)N1CCN(C(=O)c2cc3cc(F)c(F)cc3[nH]2)CC1.O=C(O)N1CCNCC1. The minimum absolute atomic E-state index is 0.260. The van der Waals surface area contributed by atoms with Gasteiger partial charge in [0.25, 0.3) is 5.91 Å². The molecule has 2 saturated heterocycles. The van der Waals surface area contributed by atoms with Gasteiger partial charge in [-0.25, -0.2) is 18.4 Å². The van der Waals surface area contributed by atoms with Crippen LogP contribution < -0.4 is 5.32 Å². The molecule has 0 radical (unpaired) electrons. The lowest BCUT2D eigenvalue weighted by Crippen LogP contribution is -2.51. The van der Waals surface area contributed by atoms with Crippen LogP contribution in [0.15, 0.2) is 18.2 Å². The summed E-state index contributed by atoms with van der Waals surface area (Å²) in [4.78, 5) is 42.3. The number of hydrogen-bond acceptors (Lipinski definition) is 5. The molecule has 0 saturated carbocycles. The maximum atomic E-state index is 13.3. The summed E-state index contributed by atoms with van der Waals surface area (Å²) in [6.07, 6.45) is -1.21. The van der Waals surface area contributed by atoms with Gasteiger partial charge in [-0.15, -0.1) is 0 Å². The van der Waals surface area contributed by atoms with E-state index in [-0.39, 0.29) is 11.6 Å². The topological polar surface area (TPSA) is 118 Å². The van der Waals surface area contributed by atoms with Gasteiger partial charge in [-0.3, -0.25) is 4.79 Å². The van der Waals surface area contributed by atoms with Gasteiger partial charge in [0, 0.05) is 69.3 Å². The van der Waals surface area contributed by atoms with Crippen LogP contribution >= 0.6 is 0 Å². The van der Waals surface area contributed by atoms with E-state index in [1.807, 2.05) is 0 Å². The number of aromatic amines is 1. The van der Waals surface area contributed by atoms with Crippen LogP contribution in [0.1, 0.15) is 31.3 Å². The molecule has 3 amide bonds. The number of fused-ring (bicyclic) bond motifs is 1. The zero-order valence-electron chi connectivity index (χ0n) is 20.1. The fourth-order valence-corrected chi connectivity index (χ4v) is 3.69. The highest BCUT2D eigenvalue weighted by Crippen LogP contribution is 2.21. The van der Waals surface area contributed by atoms with Crippen LogP contribution in [0.3, 0.4) is 0 Å². The summed E-state index contributed by atoms with van der Waals surface area (Å²) in [5.41, 5.74) is 0.0502. The Balaban J connectivity index is 0.000000320. The first-order valence-corrected chi connectivity index (χ1v) is 11.4. The van der Waals surface area contributed by atoms with Crippen LogP contribution in [-0.4, -0.2) is 101 Å². The largest absolute Gasteiger partial charge is 0.465 e. The summed E-state index contributed by atoms with van der Waals surface area (Å²) in [6, 6.07) is 3.58. The first kappa shape index (κ1) is 26.2. The van der Waals surface area contributed by atoms with Crippen molar-refractivity contribution < 1.29 is 33.0 Å². The molecule has 35 heavy (non-hydrogen) atoms. The summed E-state index contributed by atoms with van der Waals surface area (Å²) in [7, 11) is 0. The molecule has 0 aliphatic carbocycles. The molecule has 0 spiro atoms. The average molecular weight is 496 g/mol. The van der Waals surface area contributed by atoms with Crippen molar-refractivity contribution in [3.63, 3.8) is 0 Å². The van der Waals surface area contributed by atoms with Crippen LogP contribution in [0.2, 0.25) is 0 Å². The highest BCUT2D eigenvalue weighted by molar-refractivity contribution is 5.98. The molecule has 2 aliphatic heterocycles. The molecule has 3 heterocycles. The Morgan fingerprint density at radius 1 is 0.886 bits per heavy atom. The molecular weight excluding hydrogens is 464 g/mol. The Kier molecular flexibility index (Phi) is 8.15. The summed E-state index contributed by atoms with van der Waals surface area (Å²) in [6.45, 7) is 9.65. The molecule has 1 aromatic heterocycles. The van der Waals surface area contributed by atoms with Crippen molar-refractivity contribution >= 4 is 29.0 Å². The summed E-state index contributed by atoms with van der Waals surface area (Å²) in [5, 5.41) is 11.9. The first-order chi connectivity index (χ1) is 16.4. The number of H-pyrrole nitrogens is 1. The maximum absolute atomic E-state index is 13.3. The van der Waals surface area contributed by atoms with E-state index < -0.39 is 29.4 Å². The van der Waals surface area contributed by atoms with Crippen molar-refractivity contribution in [1.82, 2.24) is 25.0 Å². The molecule has 192 valence electrons. The molecule has 10 nitrogen and oxygen atoms in total. The number of piperazine rings is 2. The highest BCUT2D eigenvalue weighted by atomic mass is 19.2. The minimum Gasteiger partial charge on any atom is -0.465 e. The molecule has 4 rings (SSSR count). The van der Waals surface area contributed by atoms with Crippen LogP contribution in [0.5, 0.6) is 0 Å². The number of nitrogens with zero attached hydrogens (tertiary/aromatic N) is 3. The molecular formula is C23H31F2N5O5. The predicted octanol–water partition coefficient (Wildman–Crippen LogP) is 2.71. The van der Waals surface area contributed by atoms with E-state index in [2.05, 4.69) is 10.3 Å². The number of ether oxygens (including phenoxy) is 1. The van der Waals surface area contributed by atoms with Gasteiger partial charge >= 0.3 is 12.2 Å². The number of carbonyl (C=O) groups is 3. The lowest BCUT2D eigenvalue weighted by atomic mass is 10.2. The number of hydrogen-bond donors (Lipinski definition) is 3. The maximum Gasteiger partial charge on any atom is 0.410 e. The predicted molar refractivity (Wildman–Crippen MR) is 124 cm³/mol. The third-order valence-corrected chi connectivity index (χ3v) is 5.50. The van der Waals surface area contributed by atoms with Gasteiger partial charge < -0.3 is 34.8 Å². The number of aromatic nitrogens is 1. The second-order valence-electron chi connectivity index (χ2n) is 9.32. The molecule has 0 unspecified atom stereocenters. The second-order valence-corrected chi connectivity index (χ2v) is 9.32. The quantitative estimate of drug-likeness (QED) is 0.560. The first-order valence-electron chi connectivity index (χ1n) is 11.4. The van der Waals surface area contributed by atoms with E-state index in [4.69, 9.17) is 9.84 Å². The zero-order chi connectivity index (χ0) is 25.8. The van der Waals surface area contributed by atoms with Gasteiger partial charge in [-0.05, 0) is 32.9 Å². The Morgan fingerprint density at radius 2 is 1.46 bits per heavy atom. The summed E-state index contributed by atoms with van der Waals surface area (Å²) >= 11 is 0. The number of nitrogens with one attached hydrogen (secondary N) is 2. The van der Waals surface area contributed by atoms with Crippen LogP contribution in [0, 0.1) is 11.6 Å². The highest BCUT2D eigenvalue weighted by Gasteiger charge is 2.28. The van der Waals surface area contributed by atoms with Crippen LogP contribution in [0.25, 0.3) is 10.9 Å². The fourth-order valence-electron chi connectivity index (χ4n) is 3.69. The standard InChI is InChI=1S/C18H21F2N3O3.C5H10N2O2/c1-18(2,3)26-17(25)23-6-4-22(5-7-23)16(24)15-9-11-8-12(19)13(20)10-14(11)21-15;8-5(9)7-3-1-6-2-4-7/h8-10,21H,4-7H2,1-3H3;6H,1-4H2,(H,8,9). The van der Waals surface area contributed by atoms with E-state index in [1.54, 1.807) is 30.6 Å². The van der Waals surface area contributed by atoms with Crippen LogP contribution in [-0.2, 0) is 4.74 Å². The van der Waals surface area contributed by atoms with Crippen molar-refractivity contribution in [3.05, 3.63) is 35.5 Å². The molecule has 2 aromatic rings. The molecule has 1 aromatic carbocycles. The summed E-state index contributed by atoms with van der Waals surface area (Å²) < 4.78 is 32.0. The molecule has 2 fully saturated rings. The molecule has 2 aliphatic rings. The minimum atomic E-state index is -0.968. The Hall–Kier alpha value is -3.41. The van der Waals surface area contributed by atoms with Crippen molar-refractivity contribution in [2.45, 2.75) is 26.4 Å². The third kappa shape index (κ3) is 7.04. The van der Waals surface area contributed by atoms with Gasteiger partial charge in [-0.2, -0.15) is 0 Å². The number of amides is 3. The van der Waals surface area contributed by atoms with Gasteiger partial charge in [0.15, 0.2) is 11.6 Å². The van der Waals surface area contributed by atoms with Crippen LogP contribution in [0.4, 0.5) is 18.4 Å². The van der Waals surface area contributed by atoms with E-state index in [0.717, 1.165) is 25.2 Å². The number of carboxylic acid groups (broad SMARTS) is 1. The molecule has 3 N–H and O–H groups in total. The lowest BCUT2D eigenvalue weighted by Gasteiger charge is -2.35. The fraction of sp³-hybridized carbons (Fsp3) is 0.522. The third-order valence-electron chi connectivity index (χ3n) is 5.50. The van der Waals surface area contributed by atoms with Gasteiger partial charge in [0.1, 0.15) is 11.3 Å². The number of rotatable bonds is 1. The Morgan fingerprint density at radius 3 is 2.00 bits per heavy atom. The average Bonchev–Trinajstić information content (AvgIpc) is 3.21. The monoisotopic (exact) mass is 495 g/mol. The number of carbonyl (C=O) groups excluding carboxylic acids is 2. The van der Waals surface area contributed by atoms with Gasteiger partial charge in [-0.1, -0.05) is 0 Å². The van der Waals surface area contributed by atoms with Crippen molar-refractivity contribution in [2.75, 3.05) is 52.4 Å². The van der Waals surface area contributed by atoms with Crippen molar-refractivity contribution in [2.24, 2.45) is 0 Å². The van der Waals surface area contributed by atoms with Gasteiger partial charge in [0.2, 0.25) is 0 Å². The van der Waals surface area contributed by atoms with E-state index >= 15 is 0 Å². The number of benzene rings is 1. The smallest absolute Gasteiger partial charge is 0.410 e. The lowest BCUT2D eigenvalue weighted by molar-refractivity contribution is 0.0140. The van der Waals surface area contributed by atoms with Gasteiger partial charge in [0.05, 0.1) is 0 Å². The number of halogens is 2.